The van der Waals surface area contributed by atoms with Crippen LogP contribution < -0.4 is 0 Å². The van der Waals surface area contributed by atoms with Crippen LogP contribution >= 0.6 is 0 Å². The molecule has 1 atom stereocenters. The molecule has 1 amide bonds. The Bertz CT molecular complexity index is 480. The number of carbonyl (C=O) groups excluding carboxylic acids is 1. The van der Waals surface area contributed by atoms with E-state index < -0.39 is 21.7 Å². The second-order valence-electron chi connectivity index (χ2n) is 5.11. The largest absolute Gasteiger partial charge is 0.478 e. The molecule has 0 spiro atoms. The van der Waals surface area contributed by atoms with Crippen molar-refractivity contribution < 1.29 is 23.1 Å². The third kappa shape index (κ3) is 5.02. The van der Waals surface area contributed by atoms with Crippen molar-refractivity contribution in [2.75, 3.05) is 18.1 Å². The summed E-state index contributed by atoms with van der Waals surface area (Å²) in [4.78, 5) is 23.8. The van der Waals surface area contributed by atoms with E-state index in [1.54, 1.807) is 0 Å². The van der Waals surface area contributed by atoms with Crippen LogP contribution in [0.25, 0.3) is 0 Å². The first-order valence-electron chi connectivity index (χ1n) is 6.13. The van der Waals surface area contributed by atoms with E-state index in [4.69, 9.17) is 5.11 Å². The maximum atomic E-state index is 12.0. The van der Waals surface area contributed by atoms with Gasteiger partial charge in [-0.15, -0.1) is 0 Å². The number of carboxylic acids is 1. The molecule has 1 heterocycles. The number of sulfone groups is 1. The first-order chi connectivity index (χ1) is 8.71. The van der Waals surface area contributed by atoms with Crippen molar-refractivity contribution in [3.05, 3.63) is 12.2 Å². The topological polar surface area (TPSA) is 91.8 Å². The van der Waals surface area contributed by atoms with Crippen LogP contribution in [0, 0.1) is 5.92 Å². The maximum Gasteiger partial charge on any atom is 0.328 e. The zero-order valence-corrected chi connectivity index (χ0v) is 11.9. The Morgan fingerprint density at radius 1 is 1.37 bits per heavy atom. The normalized spacial score (nSPS) is 21.9. The summed E-state index contributed by atoms with van der Waals surface area (Å²) in [6, 6.07) is -0.349. The highest BCUT2D eigenvalue weighted by atomic mass is 32.2. The van der Waals surface area contributed by atoms with Crippen molar-refractivity contribution in [3.63, 3.8) is 0 Å². The van der Waals surface area contributed by atoms with Crippen molar-refractivity contribution in [1.29, 1.82) is 0 Å². The minimum absolute atomic E-state index is 0.0353. The molecule has 0 aromatic heterocycles. The average molecular weight is 289 g/mol. The number of rotatable bonds is 5. The van der Waals surface area contributed by atoms with Crippen LogP contribution in [0.5, 0.6) is 0 Å². The third-order valence-electron chi connectivity index (χ3n) is 2.86. The molecule has 0 unspecified atom stereocenters. The van der Waals surface area contributed by atoms with Gasteiger partial charge in [0, 0.05) is 24.7 Å². The van der Waals surface area contributed by atoms with Gasteiger partial charge in [-0.2, -0.15) is 0 Å². The van der Waals surface area contributed by atoms with Crippen LogP contribution in [0.4, 0.5) is 0 Å². The minimum Gasteiger partial charge on any atom is -0.478 e. The fourth-order valence-corrected chi connectivity index (χ4v) is 3.80. The van der Waals surface area contributed by atoms with Gasteiger partial charge in [-0.1, -0.05) is 13.8 Å². The lowest BCUT2D eigenvalue weighted by Crippen LogP contribution is -2.42. The van der Waals surface area contributed by atoms with Gasteiger partial charge in [0.15, 0.2) is 9.84 Å². The molecule has 108 valence electrons. The number of amides is 1. The lowest BCUT2D eigenvalue weighted by molar-refractivity contribution is -0.132. The Kier molecular flexibility index (Phi) is 5.11. The fraction of sp³-hybridized carbons (Fsp3) is 0.667. The first-order valence-corrected chi connectivity index (χ1v) is 7.95. The van der Waals surface area contributed by atoms with Crippen LogP contribution in [0.3, 0.4) is 0 Å². The molecule has 0 radical (unpaired) electrons. The second-order valence-corrected chi connectivity index (χ2v) is 7.34. The highest BCUT2D eigenvalue weighted by molar-refractivity contribution is 7.91. The van der Waals surface area contributed by atoms with Crippen molar-refractivity contribution >= 4 is 21.7 Å². The monoisotopic (exact) mass is 289 g/mol. The molecule has 0 aromatic rings. The Morgan fingerprint density at radius 3 is 2.42 bits per heavy atom. The van der Waals surface area contributed by atoms with E-state index in [1.165, 1.54) is 4.90 Å². The quantitative estimate of drug-likeness (QED) is 0.735. The number of nitrogens with zero attached hydrogens (tertiary/aromatic N) is 1. The molecule has 0 saturated carbocycles. The molecular formula is C12H19NO5S. The van der Waals surface area contributed by atoms with Crippen LogP contribution in [-0.4, -0.2) is 54.4 Å². The summed E-state index contributed by atoms with van der Waals surface area (Å²) in [6.45, 7) is 4.26. The maximum absolute atomic E-state index is 12.0. The highest BCUT2D eigenvalue weighted by Crippen LogP contribution is 2.19. The lowest BCUT2D eigenvalue weighted by atomic mass is 10.1. The van der Waals surface area contributed by atoms with Gasteiger partial charge in [-0.25, -0.2) is 13.2 Å². The smallest absolute Gasteiger partial charge is 0.328 e. The van der Waals surface area contributed by atoms with Crippen molar-refractivity contribution in [2.24, 2.45) is 5.92 Å². The average Bonchev–Trinajstić information content (AvgIpc) is 2.62. The van der Waals surface area contributed by atoms with E-state index >= 15 is 0 Å². The molecule has 1 aliphatic rings. The predicted molar refractivity (Wildman–Crippen MR) is 70.4 cm³/mol. The standard InChI is InChI=1S/C12H19NO5S/c1-9(2)7-13(11(14)3-4-12(15)16)10-5-6-19(17,18)8-10/h3-4,9-10H,5-8H2,1-2H3,(H,15,16)/b4-3+/t10-/m1/s1. The van der Waals surface area contributed by atoms with E-state index in [9.17, 15) is 18.0 Å². The van der Waals surface area contributed by atoms with Gasteiger partial charge in [0.2, 0.25) is 5.91 Å². The van der Waals surface area contributed by atoms with Gasteiger partial charge in [-0.05, 0) is 12.3 Å². The molecular weight excluding hydrogens is 270 g/mol. The molecule has 7 heteroatoms. The lowest BCUT2D eigenvalue weighted by Gasteiger charge is -2.28. The van der Waals surface area contributed by atoms with Crippen molar-refractivity contribution in [3.8, 4) is 0 Å². The van der Waals surface area contributed by atoms with Gasteiger partial charge in [0.05, 0.1) is 11.5 Å². The summed E-state index contributed by atoms with van der Waals surface area (Å²) < 4.78 is 22.9. The third-order valence-corrected chi connectivity index (χ3v) is 4.61. The van der Waals surface area contributed by atoms with E-state index in [-0.39, 0.29) is 23.5 Å². The summed E-state index contributed by atoms with van der Waals surface area (Å²) in [5.41, 5.74) is 0. The molecule has 0 aromatic carbocycles. The highest BCUT2D eigenvalue weighted by Gasteiger charge is 2.34. The molecule has 1 aliphatic heterocycles. The molecule has 1 N–H and O–H groups in total. The van der Waals surface area contributed by atoms with Gasteiger partial charge < -0.3 is 10.0 Å². The van der Waals surface area contributed by atoms with Crippen molar-refractivity contribution in [1.82, 2.24) is 4.90 Å². The van der Waals surface area contributed by atoms with Gasteiger partial charge >= 0.3 is 5.97 Å². The minimum atomic E-state index is -3.08. The molecule has 1 rings (SSSR count). The molecule has 0 aliphatic carbocycles. The molecule has 1 saturated heterocycles. The summed E-state index contributed by atoms with van der Waals surface area (Å²) in [6.07, 6.45) is 2.18. The van der Waals surface area contributed by atoms with E-state index in [0.717, 1.165) is 12.2 Å². The molecule has 1 fully saturated rings. The fourth-order valence-electron chi connectivity index (χ4n) is 2.07. The zero-order valence-electron chi connectivity index (χ0n) is 11.1. The molecule has 19 heavy (non-hydrogen) atoms. The van der Waals surface area contributed by atoms with Crippen LogP contribution in [0.15, 0.2) is 12.2 Å². The van der Waals surface area contributed by atoms with E-state index in [0.29, 0.717) is 13.0 Å². The number of aliphatic carboxylic acids is 1. The Balaban J connectivity index is 2.83. The Hall–Kier alpha value is -1.37. The SMILES string of the molecule is CC(C)CN(C(=O)/C=C/C(=O)O)[C@@H]1CCS(=O)(=O)C1. The van der Waals surface area contributed by atoms with Gasteiger partial charge in [0.1, 0.15) is 0 Å². The van der Waals surface area contributed by atoms with Crippen LogP contribution in [0.1, 0.15) is 20.3 Å². The number of carbonyl (C=O) groups is 2. The summed E-state index contributed by atoms with van der Waals surface area (Å²) >= 11 is 0. The number of hydrogen-bond donors (Lipinski definition) is 1. The van der Waals surface area contributed by atoms with E-state index in [2.05, 4.69) is 0 Å². The number of hydrogen-bond acceptors (Lipinski definition) is 4. The first kappa shape index (κ1) is 15.7. The number of carboxylic acid groups (broad SMARTS) is 1. The van der Waals surface area contributed by atoms with Crippen LogP contribution in [0.2, 0.25) is 0 Å². The van der Waals surface area contributed by atoms with E-state index in [1.807, 2.05) is 13.8 Å². The summed E-state index contributed by atoms with van der Waals surface area (Å²) in [7, 11) is -3.08. The Labute approximate surface area is 113 Å². The second kappa shape index (κ2) is 6.18. The van der Waals surface area contributed by atoms with Gasteiger partial charge in [0.25, 0.3) is 0 Å². The molecule has 0 bridgehead atoms. The van der Waals surface area contributed by atoms with Crippen LogP contribution in [-0.2, 0) is 19.4 Å². The van der Waals surface area contributed by atoms with Gasteiger partial charge in [-0.3, -0.25) is 4.79 Å². The summed E-state index contributed by atoms with van der Waals surface area (Å²) in [5.74, 6) is -1.41. The zero-order chi connectivity index (χ0) is 14.6. The molecule has 6 nitrogen and oxygen atoms in total. The van der Waals surface area contributed by atoms with Crippen molar-refractivity contribution in [2.45, 2.75) is 26.3 Å². The Morgan fingerprint density at radius 2 is 2.00 bits per heavy atom. The predicted octanol–water partition coefficient (Wildman–Crippen LogP) is 0.299. The summed E-state index contributed by atoms with van der Waals surface area (Å²) in [5, 5.41) is 8.52.